The van der Waals surface area contributed by atoms with E-state index in [-0.39, 0.29) is 18.4 Å². The van der Waals surface area contributed by atoms with E-state index < -0.39 is 29.1 Å². The lowest BCUT2D eigenvalue weighted by molar-refractivity contribution is -0.133. The summed E-state index contributed by atoms with van der Waals surface area (Å²) >= 11 is 0. The summed E-state index contributed by atoms with van der Waals surface area (Å²) in [6.07, 6.45) is 0. The first-order chi connectivity index (χ1) is 12.2. The summed E-state index contributed by atoms with van der Waals surface area (Å²) in [6.45, 7) is 5.50. The van der Waals surface area contributed by atoms with Crippen LogP contribution in [0.15, 0.2) is 34.7 Å². The Labute approximate surface area is 151 Å². The first kappa shape index (κ1) is 19.6. The summed E-state index contributed by atoms with van der Waals surface area (Å²) in [5.74, 6) is -2.23. The number of rotatable bonds is 6. The first-order valence-corrected chi connectivity index (χ1v) is 8.26. The Morgan fingerprint density at radius 1 is 1.15 bits per heavy atom. The SMILES string of the molecule is Cc1ccc(CN(C)C(=O)C(NC(=O)c2c(F)cccc2F)C(C)C)o1. The number of carbonyl (C=O) groups is 2. The molecule has 1 atom stereocenters. The van der Waals surface area contributed by atoms with E-state index in [1.54, 1.807) is 40.0 Å². The lowest BCUT2D eigenvalue weighted by Gasteiger charge is -2.26. The van der Waals surface area contributed by atoms with Crippen molar-refractivity contribution in [1.29, 1.82) is 0 Å². The van der Waals surface area contributed by atoms with E-state index in [9.17, 15) is 18.4 Å². The van der Waals surface area contributed by atoms with Crippen LogP contribution in [-0.4, -0.2) is 29.8 Å². The number of halogens is 2. The second-order valence-corrected chi connectivity index (χ2v) is 6.50. The average molecular weight is 364 g/mol. The Balaban J connectivity index is 2.14. The molecule has 0 radical (unpaired) electrons. The van der Waals surface area contributed by atoms with Gasteiger partial charge in [-0.3, -0.25) is 9.59 Å². The summed E-state index contributed by atoms with van der Waals surface area (Å²) < 4.78 is 33.0. The van der Waals surface area contributed by atoms with E-state index in [0.29, 0.717) is 5.76 Å². The largest absolute Gasteiger partial charge is 0.464 e. The van der Waals surface area contributed by atoms with E-state index in [4.69, 9.17) is 4.42 Å². The molecule has 1 aromatic heterocycles. The molecule has 1 heterocycles. The standard InChI is InChI=1S/C19H22F2N2O3/c1-11(2)17(19(25)23(4)10-13-9-8-12(3)26-13)22-18(24)16-14(20)6-5-7-15(16)21/h5-9,11,17H,10H2,1-4H3,(H,22,24). The topological polar surface area (TPSA) is 62.6 Å². The van der Waals surface area contributed by atoms with Crippen LogP contribution < -0.4 is 5.32 Å². The Bertz CT molecular complexity index is 782. The van der Waals surface area contributed by atoms with E-state index in [0.717, 1.165) is 17.9 Å². The highest BCUT2D eigenvalue weighted by Gasteiger charge is 2.29. The zero-order valence-corrected chi connectivity index (χ0v) is 15.2. The number of furan rings is 1. The molecule has 1 N–H and O–H groups in total. The molecule has 2 aromatic rings. The predicted molar refractivity (Wildman–Crippen MR) is 92.4 cm³/mol. The third kappa shape index (κ3) is 4.47. The van der Waals surface area contributed by atoms with Crippen LogP contribution in [0.4, 0.5) is 8.78 Å². The second kappa shape index (κ2) is 8.12. The van der Waals surface area contributed by atoms with Crippen molar-refractivity contribution in [1.82, 2.24) is 10.2 Å². The molecule has 2 rings (SSSR count). The van der Waals surface area contributed by atoms with Crippen molar-refractivity contribution < 1.29 is 22.8 Å². The maximum Gasteiger partial charge on any atom is 0.257 e. The molecule has 0 saturated heterocycles. The molecule has 2 amide bonds. The third-order valence-electron chi connectivity index (χ3n) is 3.97. The molecule has 1 aromatic carbocycles. The minimum Gasteiger partial charge on any atom is -0.464 e. The smallest absolute Gasteiger partial charge is 0.257 e. The quantitative estimate of drug-likeness (QED) is 0.856. The van der Waals surface area contributed by atoms with Crippen LogP contribution in [0.1, 0.15) is 35.7 Å². The van der Waals surface area contributed by atoms with Crippen molar-refractivity contribution >= 4 is 11.8 Å². The number of nitrogens with one attached hydrogen (secondary N) is 1. The molecule has 0 bridgehead atoms. The zero-order chi connectivity index (χ0) is 19.4. The molecule has 0 aliphatic heterocycles. The highest BCUT2D eigenvalue weighted by atomic mass is 19.1. The molecule has 0 aliphatic rings. The van der Waals surface area contributed by atoms with Gasteiger partial charge in [0, 0.05) is 7.05 Å². The van der Waals surface area contributed by atoms with Gasteiger partial charge in [0.2, 0.25) is 5.91 Å². The Morgan fingerprint density at radius 2 is 1.77 bits per heavy atom. The van der Waals surface area contributed by atoms with E-state index in [2.05, 4.69) is 5.32 Å². The number of carbonyl (C=O) groups excluding carboxylic acids is 2. The summed E-state index contributed by atoms with van der Waals surface area (Å²) in [5, 5.41) is 2.45. The van der Waals surface area contributed by atoms with E-state index >= 15 is 0 Å². The van der Waals surface area contributed by atoms with Gasteiger partial charge in [0.15, 0.2) is 0 Å². The molecular formula is C19H22F2N2O3. The molecule has 0 aliphatic carbocycles. The number of hydrogen-bond acceptors (Lipinski definition) is 3. The van der Waals surface area contributed by atoms with Gasteiger partial charge in [-0.2, -0.15) is 0 Å². The fourth-order valence-electron chi connectivity index (χ4n) is 2.56. The van der Waals surface area contributed by atoms with Crippen molar-refractivity contribution in [3.63, 3.8) is 0 Å². The molecule has 140 valence electrons. The van der Waals surface area contributed by atoms with Crippen LogP contribution in [0.5, 0.6) is 0 Å². The van der Waals surface area contributed by atoms with Gasteiger partial charge in [0.1, 0.15) is 34.8 Å². The lowest BCUT2D eigenvalue weighted by Crippen LogP contribution is -2.50. The fraction of sp³-hybridized carbons (Fsp3) is 0.368. The minimum atomic E-state index is -0.975. The van der Waals surface area contributed by atoms with Crippen LogP contribution >= 0.6 is 0 Å². The predicted octanol–water partition coefficient (Wildman–Crippen LogP) is 3.28. The average Bonchev–Trinajstić information content (AvgIpc) is 2.96. The van der Waals surface area contributed by atoms with Crippen LogP contribution in [-0.2, 0) is 11.3 Å². The maximum absolute atomic E-state index is 13.8. The lowest BCUT2D eigenvalue weighted by atomic mass is 10.0. The molecule has 5 nitrogen and oxygen atoms in total. The monoisotopic (exact) mass is 364 g/mol. The fourth-order valence-corrected chi connectivity index (χ4v) is 2.56. The molecule has 0 spiro atoms. The number of nitrogens with zero attached hydrogens (tertiary/aromatic N) is 1. The van der Waals surface area contributed by atoms with Gasteiger partial charge < -0.3 is 14.6 Å². The maximum atomic E-state index is 13.8. The van der Waals surface area contributed by atoms with Gasteiger partial charge in [0.25, 0.3) is 5.91 Å². The Kier molecular flexibility index (Phi) is 6.13. The van der Waals surface area contributed by atoms with Gasteiger partial charge in [-0.25, -0.2) is 8.78 Å². The summed E-state index contributed by atoms with van der Waals surface area (Å²) in [7, 11) is 1.57. The molecule has 26 heavy (non-hydrogen) atoms. The van der Waals surface area contributed by atoms with Gasteiger partial charge in [-0.15, -0.1) is 0 Å². The van der Waals surface area contributed by atoms with Crippen LogP contribution in [0, 0.1) is 24.5 Å². The van der Waals surface area contributed by atoms with Crippen LogP contribution in [0.3, 0.4) is 0 Å². The molecule has 0 saturated carbocycles. The molecule has 7 heteroatoms. The normalized spacial score (nSPS) is 12.1. The molecule has 1 unspecified atom stereocenters. The van der Waals surface area contributed by atoms with Crippen molar-refractivity contribution in [3.8, 4) is 0 Å². The second-order valence-electron chi connectivity index (χ2n) is 6.50. The zero-order valence-electron chi connectivity index (χ0n) is 15.2. The van der Waals surface area contributed by atoms with E-state index in [1.807, 2.05) is 0 Å². The van der Waals surface area contributed by atoms with Crippen molar-refractivity contribution in [3.05, 3.63) is 59.1 Å². The van der Waals surface area contributed by atoms with E-state index in [1.165, 1.54) is 11.0 Å². The summed E-state index contributed by atoms with van der Waals surface area (Å²) in [6, 6.07) is 5.78. The van der Waals surface area contributed by atoms with Crippen molar-refractivity contribution in [2.24, 2.45) is 5.92 Å². The number of aryl methyl sites for hydroxylation is 1. The van der Waals surface area contributed by atoms with Gasteiger partial charge in [0.05, 0.1) is 6.54 Å². The Hall–Kier alpha value is -2.70. The third-order valence-corrected chi connectivity index (χ3v) is 3.97. The number of amides is 2. The van der Waals surface area contributed by atoms with Gasteiger partial charge in [-0.1, -0.05) is 19.9 Å². The first-order valence-electron chi connectivity index (χ1n) is 8.26. The van der Waals surface area contributed by atoms with Crippen LogP contribution in [0.25, 0.3) is 0 Å². The number of likely N-dealkylation sites (N-methyl/N-ethyl adjacent to an activating group) is 1. The van der Waals surface area contributed by atoms with Crippen molar-refractivity contribution in [2.45, 2.75) is 33.4 Å². The summed E-state index contributed by atoms with van der Waals surface area (Å²) in [5.41, 5.74) is -0.699. The molecule has 0 fully saturated rings. The van der Waals surface area contributed by atoms with Gasteiger partial charge in [-0.05, 0) is 37.1 Å². The minimum absolute atomic E-state index is 0.222. The van der Waals surface area contributed by atoms with Crippen molar-refractivity contribution in [2.75, 3.05) is 7.05 Å². The highest BCUT2D eigenvalue weighted by molar-refractivity contribution is 5.98. The highest BCUT2D eigenvalue weighted by Crippen LogP contribution is 2.15. The number of hydrogen-bond donors (Lipinski definition) is 1. The molecular weight excluding hydrogens is 342 g/mol. The van der Waals surface area contributed by atoms with Crippen LogP contribution in [0.2, 0.25) is 0 Å². The Morgan fingerprint density at radius 3 is 2.27 bits per heavy atom. The number of benzene rings is 1. The summed E-state index contributed by atoms with van der Waals surface area (Å²) in [4.78, 5) is 26.4. The van der Waals surface area contributed by atoms with Gasteiger partial charge >= 0.3 is 0 Å².